The summed E-state index contributed by atoms with van der Waals surface area (Å²) in [6.07, 6.45) is 0. The number of benzene rings is 3. The van der Waals surface area contributed by atoms with Crippen molar-refractivity contribution in [3.63, 3.8) is 0 Å². The molecule has 0 bridgehead atoms. The minimum absolute atomic E-state index is 0.119. The molecule has 1 aliphatic heterocycles. The quantitative estimate of drug-likeness (QED) is 0.211. The van der Waals surface area contributed by atoms with Crippen LogP contribution in [0.3, 0.4) is 0 Å². The summed E-state index contributed by atoms with van der Waals surface area (Å²) in [5.41, 5.74) is 3.32. The normalized spacial score (nSPS) is 13.3. The van der Waals surface area contributed by atoms with Gasteiger partial charge in [-0.1, -0.05) is 81.4 Å². The summed E-state index contributed by atoms with van der Waals surface area (Å²) in [5.74, 6) is -0.860. The molecule has 4 aromatic rings. The van der Waals surface area contributed by atoms with Gasteiger partial charge in [-0.05, 0) is 62.9 Å². The predicted octanol–water partition coefficient (Wildman–Crippen LogP) is 6.20. The van der Waals surface area contributed by atoms with Gasteiger partial charge in [0.05, 0.1) is 17.8 Å². The Hall–Kier alpha value is -3.52. The van der Waals surface area contributed by atoms with E-state index in [2.05, 4.69) is 43.4 Å². The molecule has 0 atom stereocenters. The molecule has 0 aliphatic carbocycles. The first-order valence-electron chi connectivity index (χ1n) is 11.7. The van der Waals surface area contributed by atoms with E-state index in [9.17, 15) is 14.4 Å². The van der Waals surface area contributed by atoms with Crippen molar-refractivity contribution in [3.8, 4) is 16.8 Å². The van der Waals surface area contributed by atoms with Crippen molar-refractivity contribution in [1.82, 2.24) is 9.47 Å². The Labute approximate surface area is 223 Å². The summed E-state index contributed by atoms with van der Waals surface area (Å²) in [4.78, 5) is 42.7. The van der Waals surface area contributed by atoms with Gasteiger partial charge in [0.2, 0.25) is 0 Å². The van der Waals surface area contributed by atoms with Gasteiger partial charge in [0.25, 0.3) is 17.4 Å². The fourth-order valence-corrected chi connectivity index (χ4v) is 5.17. The number of carbonyl (C=O) groups excluding carboxylic acids is 2. The number of fused-ring (bicyclic) bond motifs is 1. The zero-order valence-electron chi connectivity index (χ0n) is 20.3. The van der Waals surface area contributed by atoms with Crippen molar-refractivity contribution in [3.05, 3.63) is 121 Å². The Bertz CT molecular complexity index is 1550. The summed E-state index contributed by atoms with van der Waals surface area (Å²) in [6, 6.07) is 26.0. The second-order valence-corrected chi connectivity index (χ2v) is 11.2. The highest BCUT2D eigenvalue weighted by atomic mass is 127. The third kappa shape index (κ3) is 4.19. The van der Waals surface area contributed by atoms with Crippen LogP contribution in [0.2, 0.25) is 0 Å². The fourth-order valence-electron chi connectivity index (χ4n) is 4.68. The standard InChI is InChI=1S/C30H25IN2O3/c1-30(2,3)23-16-21(31)14-15-24(23)33-25(34)17-22(20-12-8-5-9-13-20)26-27(33)29(36)32(28(26)35)18-19-10-6-4-7-11-19/h4-17H,18H2,1-3H3. The highest BCUT2D eigenvalue weighted by Gasteiger charge is 2.41. The predicted molar refractivity (Wildman–Crippen MR) is 150 cm³/mol. The highest BCUT2D eigenvalue weighted by molar-refractivity contribution is 14.1. The first-order valence-corrected chi connectivity index (χ1v) is 12.8. The van der Waals surface area contributed by atoms with Gasteiger partial charge in [0.15, 0.2) is 0 Å². The van der Waals surface area contributed by atoms with Crippen LogP contribution in [-0.4, -0.2) is 21.3 Å². The third-order valence-electron chi connectivity index (χ3n) is 6.40. The molecular weight excluding hydrogens is 563 g/mol. The maximum absolute atomic E-state index is 13.9. The van der Waals surface area contributed by atoms with E-state index in [0.29, 0.717) is 11.3 Å². The van der Waals surface area contributed by atoms with Gasteiger partial charge in [-0.3, -0.25) is 23.9 Å². The molecule has 0 spiro atoms. The largest absolute Gasteiger partial charge is 0.278 e. The number of amides is 2. The van der Waals surface area contributed by atoms with E-state index in [0.717, 1.165) is 20.3 Å². The average Bonchev–Trinajstić information content (AvgIpc) is 3.09. The molecule has 3 aromatic carbocycles. The monoisotopic (exact) mass is 588 g/mol. The summed E-state index contributed by atoms with van der Waals surface area (Å²) in [5, 5.41) is 0. The smallest absolute Gasteiger partial charge is 0.271 e. The molecule has 0 unspecified atom stereocenters. The molecule has 1 aromatic heterocycles. The van der Waals surface area contributed by atoms with Crippen LogP contribution in [0.15, 0.2) is 89.7 Å². The van der Waals surface area contributed by atoms with Gasteiger partial charge in [0.1, 0.15) is 5.69 Å². The van der Waals surface area contributed by atoms with Gasteiger partial charge >= 0.3 is 0 Å². The molecule has 1 aliphatic rings. The molecule has 0 radical (unpaired) electrons. The number of rotatable bonds is 4. The van der Waals surface area contributed by atoms with E-state index < -0.39 is 11.8 Å². The Morgan fingerprint density at radius 1 is 0.778 bits per heavy atom. The van der Waals surface area contributed by atoms with Crippen LogP contribution in [0.25, 0.3) is 16.8 Å². The molecule has 2 heterocycles. The minimum atomic E-state index is -0.466. The Morgan fingerprint density at radius 2 is 1.42 bits per heavy atom. The minimum Gasteiger partial charge on any atom is -0.271 e. The van der Waals surface area contributed by atoms with E-state index in [1.165, 1.54) is 15.5 Å². The number of imide groups is 1. The first kappa shape index (κ1) is 24.2. The highest BCUT2D eigenvalue weighted by Crippen LogP contribution is 2.36. The molecule has 5 rings (SSSR count). The zero-order valence-corrected chi connectivity index (χ0v) is 22.4. The molecular formula is C30H25IN2O3. The number of aromatic nitrogens is 1. The first-order chi connectivity index (χ1) is 17.2. The fraction of sp³-hybridized carbons (Fsp3) is 0.167. The van der Waals surface area contributed by atoms with Crippen molar-refractivity contribution in [1.29, 1.82) is 0 Å². The average molecular weight is 588 g/mol. The van der Waals surface area contributed by atoms with Gasteiger partial charge in [-0.15, -0.1) is 0 Å². The maximum Gasteiger partial charge on any atom is 0.278 e. The molecule has 0 saturated carbocycles. The second kappa shape index (κ2) is 9.17. The molecule has 5 nitrogen and oxygen atoms in total. The van der Waals surface area contributed by atoms with Crippen LogP contribution in [0.5, 0.6) is 0 Å². The van der Waals surface area contributed by atoms with Crippen LogP contribution in [0.1, 0.15) is 52.7 Å². The van der Waals surface area contributed by atoms with Crippen LogP contribution in [0.4, 0.5) is 0 Å². The lowest BCUT2D eigenvalue weighted by Crippen LogP contribution is -2.31. The van der Waals surface area contributed by atoms with Crippen LogP contribution >= 0.6 is 22.6 Å². The molecule has 180 valence electrons. The van der Waals surface area contributed by atoms with Crippen molar-refractivity contribution in [2.45, 2.75) is 32.7 Å². The maximum atomic E-state index is 13.9. The number of nitrogens with zero attached hydrogens (tertiary/aromatic N) is 2. The number of pyridine rings is 1. The van der Waals surface area contributed by atoms with E-state index in [4.69, 9.17) is 0 Å². The van der Waals surface area contributed by atoms with Gasteiger partial charge in [0, 0.05) is 15.2 Å². The summed E-state index contributed by atoms with van der Waals surface area (Å²) >= 11 is 2.25. The lowest BCUT2D eigenvalue weighted by Gasteiger charge is -2.25. The zero-order chi connectivity index (χ0) is 25.6. The molecule has 0 N–H and O–H groups in total. The summed E-state index contributed by atoms with van der Waals surface area (Å²) in [6.45, 7) is 6.34. The lowest BCUT2D eigenvalue weighted by atomic mass is 9.85. The van der Waals surface area contributed by atoms with E-state index in [1.54, 1.807) is 0 Å². The molecule has 0 saturated heterocycles. The third-order valence-corrected chi connectivity index (χ3v) is 7.07. The van der Waals surface area contributed by atoms with Crippen LogP contribution in [0, 0.1) is 3.57 Å². The second-order valence-electron chi connectivity index (χ2n) is 9.91. The van der Waals surface area contributed by atoms with Gasteiger partial charge in [-0.25, -0.2) is 0 Å². The van der Waals surface area contributed by atoms with E-state index in [-0.39, 0.29) is 28.8 Å². The number of hydrogen-bond donors (Lipinski definition) is 0. The van der Waals surface area contributed by atoms with E-state index in [1.807, 2.05) is 78.9 Å². The Kier molecular flexibility index (Phi) is 6.16. The molecule has 36 heavy (non-hydrogen) atoms. The summed E-state index contributed by atoms with van der Waals surface area (Å²) in [7, 11) is 0. The lowest BCUT2D eigenvalue weighted by molar-refractivity contribution is 0.0639. The van der Waals surface area contributed by atoms with Crippen LogP contribution in [-0.2, 0) is 12.0 Å². The van der Waals surface area contributed by atoms with Crippen molar-refractivity contribution < 1.29 is 9.59 Å². The molecule has 6 heteroatoms. The molecule has 2 amide bonds. The van der Waals surface area contributed by atoms with Crippen molar-refractivity contribution >= 4 is 34.4 Å². The van der Waals surface area contributed by atoms with Crippen molar-refractivity contribution in [2.75, 3.05) is 0 Å². The topological polar surface area (TPSA) is 59.4 Å². The number of halogens is 1. The number of hydrogen-bond acceptors (Lipinski definition) is 3. The summed E-state index contributed by atoms with van der Waals surface area (Å²) < 4.78 is 2.46. The SMILES string of the molecule is CC(C)(C)c1cc(I)ccc1-n1c2c(c(-c3ccccc3)cc1=O)C(=O)N(Cc1ccccc1)C2=O. The van der Waals surface area contributed by atoms with Gasteiger partial charge < -0.3 is 0 Å². The van der Waals surface area contributed by atoms with E-state index >= 15 is 0 Å². The molecule has 0 fully saturated rings. The Balaban J connectivity index is 1.80. The Morgan fingerprint density at radius 3 is 2.06 bits per heavy atom. The van der Waals surface area contributed by atoms with Crippen molar-refractivity contribution in [2.24, 2.45) is 0 Å². The van der Waals surface area contributed by atoms with Gasteiger partial charge in [-0.2, -0.15) is 0 Å². The number of carbonyl (C=O) groups is 2. The van der Waals surface area contributed by atoms with Crippen LogP contribution < -0.4 is 5.56 Å².